The van der Waals surface area contributed by atoms with Crippen LogP contribution in [0.3, 0.4) is 0 Å². The van der Waals surface area contributed by atoms with Crippen LogP contribution in [0.4, 0.5) is 17.2 Å². The number of nitrogens with zero attached hydrogens (tertiary/aromatic N) is 3. The zero-order valence-corrected chi connectivity index (χ0v) is 15.0. The van der Waals surface area contributed by atoms with Gasteiger partial charge in [-0.05, 0) is 37.1 Å². The molecule has 2 rings (SSSR count). The second-order valence-corrected chi connectivity index (χ2v) is 5.50. The Hall–Kier alpha value is -3.16. The van der Waals surface area contributed by atoms with Crippen molar-refractivity contribution in [3.63, 3.8) is 0 Å². The second-order valence-electron chi connectivity index (χ2n) is 5.50. The number of anilines is 2. The van der Waals surface area contributed by atoms with Gasteiger partial charge in [-0.3, -0.25) is 14.9 Å². The van der Waals surface area contributed by atoms with Crippen LogP contribution in [-0.4, -0.2) is 36.6 Å². The predicted molar refractivity (Wildman–Crippen MR) is 96.9 cm³/mol. The van der Waals surface area contributed by atoms with Crippen molar-refractivity contribution in [2.75, 3.05) is 25.7 Å². The van der Waals surface area contributed by atoms with Crippen LogP contribution in [0.2, 0.25) is 0 Å². The number of carbonyl (C=O) groups is 1. The van der Waals surface area contributed by atoms with Gasteiger partial charge in [-0.1, -0.05) is 6.07 Å². The number of carbonyl (C=O) groups excluding carboxylic acids is 1. The monoisotopic (exact) mass is 359 g/mol. The SMILES string of the molecule is CCOC(=O)CCc1ccc(N(C)c2ccc([N+](=O)[O-])cn2)c(OC)c1. The first-order chi connectivity index (χ1) is 12.5. The number of ether oxygens (including phenoxy) is 2. The summed E-state index contributed by atoms with van der Waals surface area (Å²) in [5.41, 5.74) is 1.64. The number of esters is 1. The van der Waals surface area contributed by atoms with Crippen molar-refractivity contribution in [3.8, 4) is 5.75 Å². The molecule has 138 valence electrons. The van der Waals surface area contributed by atoms with Crippen LogP contribution in [0.5, 0.6) is 5.75 Å². The number of aromatic nitrogens is 1. The van der Waals surface area contributed by atoms with E-state index in [9.17, 15) is 14.9 Å². The van der Waals surface area contributed by atoms with Gasteiger partial charge in [0.05, 0.1) is 24.3 Å². The lowest BCUT2D eigenvalue weighted by atomic mass is 10.1. The lowest BCUT2D eigenvalue weighted by Gasteiger charge is -2.21. The zero-order chi connectivity index (χ0) is 19.1. The standard InChI is InChI=1S/C18H21N3O5/c1-4-26-18(22)10-6-13-5-8-15(16(11-13)25-3)20(2)17-9-7-14(12-19-17)21(23)24/h5,7-9,11-12H,4,6,10H2,1-3H3. The highest BCUT2D eigenvalue weighted by Crippen LogP contribution is 2.33. The number of hydrogen-bond acceptors (Lipinski definition) is 7. The molecule has 0 amide bonds. The Bertz CT molecular complexity index is 777. The fourth-order valence-electron chi connectivity index (χ4n) is 2.44. The third-order valence-electron chi connectivity index (χ3n) is 3.82. The van der Waals surface area contributed by atoms with Gasteiger partial charge in [-0.25, -0.2) is 4.98 Å². The molecule has 8 nitrogen and oxygen atoms in total. The molecule has 0 aliphatic heterocycles. The maximum Gasteiger partial charge on any atom is 0.306 e. The average Bonchev–Trinajstić information content (AvgIpc) is 2.66. The van der Waals surface area contributed by atoms with E-state index in [1.54, 1.807) is 32.0 Å². The molecule has 2 aromatic rings. The number of hydrogen-bond donors (Lipinski definition) is 0. The topological polar surface area (TPSA) is 94.8 Å². The highest BCUT2D eigenvalue weighted by molar-refractivity contribution is 5.70. The fourth-order valence-corrected chi connectivity index (χ4v) is 2.44. The van der Waals surface area contributed by atoms with Crippen molar-refractivity contribution in [2.45, 2.75) is 19.8 Å². The molecule has 1 aromatic carbocycles. The summed E-state index contributed by atoms with van der Waals surface area (Å²) in [4.78, 5) is 27.6. The van der Waals surface area contributed by atoms with Crippen molar-refractivity contribution < 1.29 is 19.2 Å². The van der Waals surface area contributed by atoms with Gasteiger partial charge in [0.1, 0.15) is 17.8 Å². The largest absolute Gasteiger partial charge is 0.495 e. The van der Waals surface area contributed by atoms with Crippen LogP contribution in [0.25, 0.3) is 0 Å². The molecule has 0 fully saturated rings. The Morgan fingerprint density at radius 3 is 2.65 bits per heavy atom. The first-order valence-electron chi connectivity index (χ1n) is 8.13. The van der Waals surface area contributed by atoms with E-state index in [2.05, 4.69) is 4.98 Å². The van der Waals surface area contributed by atoms with E-state index < -0.39 is 4.92 Å². The van der Waals surface area contributed by atoms with Crippen LogP contribution in [0.1, 0.15) is 18.9 Å². The number of methoxy groups -OCH3 is 1. The fraction of sp³-hybridized carbons (Fsp3) is 0.333. The highest BCUT2D eigenvalue weighted by atomic mass is 16.6. The summed E-state index contributed by atoms with van der Waals surface area (Å²) in [5, 5.41) is 10.7. The summed E-state index contributed by atoms with van der Waals surface area (Å²) in [5.74, 6) is 0.935. The quantitative estimate of drug-likeness (QED) is 0.405. The van der Waals surface area contributed by atoms with Crippen molar-refractivity contribution in [1.82, 2.24) is 4.98 Å². The molecule has 1 aromatic heterocycles. The van der Waals surface area contributed by atoms with Gasteiger partial charge in [0.15, 0.2) is 0 Å². The Balaban J connectivity index is 2.17. The van der Waals surface area contributed by atoms with Gasteiger partial charge in [0.25, 0.3) is 5.69 Å². The molecule has 1 heterocycles. The summed E-state index contributed by atoms with van der Waals surface area (Å²) < 4.78 is 10.4. The molecule has 26 heavy (non-hydrogen) atoms. The summed E-state index contributed by atoms with van der Waals surface area (Å²) in [6.07, 6.45) is 2.07. The molecule has 0 bridgehead atoms. The third kappa shape index (κ3) is 4.69. The molecular weight excluding hydrogens is 338 g/mol. The van der Waals surface area contributed by atoms with E-state index in [0.29, 0.717) is 31.0 Å². The predicted octanol–water partition coefficient (Wildman–Crippen LogP) is 3.26. The summed E-state index contributed by atoms with van der Waals surface area (Å²) in [7, 11) is 3.36. The number of rotatable bonds is 8. The molecule has 0 saturated carbocycles. The molecule has 0 N–H and O–H groups in total. The maximum atomic E-state index is 11.5. The Kier molecular flexibility index (Phi) is 6.48. The molecule has 0 aliphatic carbocycles. The van der Waals surface area contributed by atoms with E-state index in [-0.39, 0.29) is 11.7 Å². The molecule has 0 atom stereocenters. The van der Waals surface area contributed by atoms with Crippen LogP contribution in [0, 0.1) is 10.1 Å². The Morgan fingerprint density at radius 1 is 1.31 bits per heavy atom. The molecule has 0 spiro atoms. The summed E-state index contributed by atoms with van der Waals surface area (Å²) in [6.45, 7) is 2.14. The second kappa shape index (κ2) is 8.80. The van der Waals surface area contributed by atoms with Crippen molar-refractivity contribution in [1.29, 1.82) is 0 Å². The molecule has 8 heteroatoms. The maximum absolute atomic E-state index is 11.5. The number of aryl methyl sites for hydroxylation is 1. The van der Waals surface area contributed by atoms with E-state index in [4.69, 9.17) is 9.47 Å². The minimum atomic E-state index is -0.490. The van der Waals surface area contributed by atoms with Crippen molar-refractivity contribution >= 4 is 23.2 Å². The smallest absolute Gasteiger partial charge is 0.306 e. The van der Waals surface area contributed by atoms with Crippen LogP contribution < -0.4 is 9.64 Å². The lowest BCUT2D eigenvalue weighted by molar-refractivity contribution is -0.385. The van der Waals surface area contributed by atoms with E-state index >= 15 is 0 Å². The van der Waals surface area contributed by atoms with Crippen molar-refractivity contribution in [2.24, 2.45) is 0 Å². The van der Waals surface area contributed by atoms with Crippen molar-refractivity contribution in [3.05, 3.63) is 52.2 Å². The lowest BCUT2D eigenvalue weighted by Crippen LogP contribution is -2.12. The molecule has 0 unspecified atom stereocenters. The molecule has 0 radical (unpaired) electrons. The van der Waals surface area contributed by atoms with E-state index in [1.807, 2.05) is 18.2 Å². The van der Waals surface area contributed by atoms with E-state index in [0.717, 1.165) is 11.3 Å². The minimum Gasteiger partial charge on any atom is -0.495 e. The van der Waals surface area contributed by atoms with Crippen LogP contribution in [0.15, 0.2) is 36.5 Å². The van der Waals surface area contributed by atoms with Gasteiger partial charge in [0.2, 0.25) is 0 Å². The van der Waals surface area contributed by atoms with Gasteiger partial charge in [-0.2, -0.15) is 0 Å². The van der Waals surface area contributed by atoms with Gasteiger partial charge in [-0.15, -0.1) is 0 Å². The minimum absolute atomic E-state index is 0.0663. The average molecular weight is 359 g/mol. The molecule has 0 saturated heterocycles. The first kappa shape index (κ1) is 19.2. The zero-order valence-electron chi connectivity index (χ0n) is 15.0. The molecular formula is C18H21N3O5. The summed E-state index contributed by atoms with van der Waals surface area (Å²) >= 11 is 0. The number of pyridine rings is 1. The highest BCUT2D eigenvalue weighted by Gasteiger charge is 2.14. The van der Waals surface area contributed by atoms with Gasteiger partial charge >= 0.3 is 5.97 Å². The normalized spacial score (nSPS) is 10.3. The van der Waals surface area contributed by atoms with Crippen LogP contribution in [-0.2, 0) is 16.0 Å². The number of benzene rings is 1. The van der Waals surface area contributed by atoms with Gasteiger partial charge < -0.3 is 14.4 Å². The van der Waals surface area contributed by atoms with E-state index in [1.165, 1.54) is 12.3 Å². The third-order valence-corrected chi connectivity index (χ3v) is 3.82. The first-order valence-corrected chi connectivity index (χ1v) is 8.13. The van der Waals surface area contributed by atoms with Crippen LogP contribution >= 0.6 is 0 Å². The summed E-state index contributed by atoms with van der Waals surface area (Å²) in [6, 6.07) is 8.60. The molecule has 0 aliphatic rings. The Morgan fingerprint density at radius 2 is 2.08 bits per heavy atom. The Labute approximate surface area is 151 Å². The van der Waals surface area contributed by atoms with Gasteiger partial charge in [0, 0.05) is 19.5 Å². The number of nitro groups is 1.